The quantitative estimate of drug-likeness (QED) is 0.251. The zero-order valence-corrected chi connectivity index (χ0v) is 23.3. The molecule has 7 heteroatoms. The molecule has 0 saturated carbocycles. The first kappa shape index (κ1) is 24.9. The Morgan fingerprint density at radius 2 is 1.68 bits per heavy atom. The molecule has 0 bridgehead atoms. The lowest BCUT2D eigenvalue weighted by Gasteiger charge is -2.32. The number of hydrogen-bond donors (Lipinski definition) is 0. The zero-order chi connectivity index (χ0) is 26.1. The maximum Gasteiger partial charge on any atom is 0.494 e. The fraction of sp³-hybridized carbons (Fsp3) is 0.333. The van der Waals surface area contributed by atoms with Crippen molar-refractivity contribution in [1.29, 1.82) is 0 Å². The van der Waals surface area contributed by atoms with Gasteiger partial charge in [-0.05, 0) is 82.4 Å². The molecule has 0 N–H and O–H groups in total. The van der Waals surface area contributed by atoms with Crippen molar-refractivity contribution in [2.24, 2.45) is 0 Å². The molecule has 4 aromatic rings. The Morgan fingerprint density at radius 1 is 0.919 bits per heavy atom. The van der Waals surface area contributed by atoms with E-state index >= 15 is 0 Å². The van der Waals surface area contributed by atoms with Crippen LogP contribution in [0.4, 0.5) is 0 Å². The summed E-state index contributed by atoms with van der Waals surface area (Å²) in [6.07, 6.45) is 1.44. The number of aromatic nitrogens is 1. The molecule has 3 heterocycles. The van der Waals surface area contributed by atoms with Gasteiger partial charge in [0.15, 0.2) is 6.23 Å². The number of benzene rings is 3. The molecule has 4 nitrogen and oxygen atoms in total. The van der Waals surface area contributed by atoms with Crippen molar-refractivity contribution in [3.63, 3.8) is 0 Å². The van der Waals surface area contributed by atoms with Gasteiger partial charge >= 0.3 is 7.12 Å². The molecular weight excluding hydrogens is 504 g/mol. The van der Waals surface area contributed by atoms with E-state index in [1.807, 2.05) is 30.3 Å². The van der Waals surface area contributed by atoms with Crippen molar-refractivity contribution >= 4 is 46.7 Å². The summed E-state index contributed by atoms with van der Waals surface area (Å²) in [6.45, 7) is 10.4. The average molecular weight is 534 g/mol. The molecule has 2 aliphatic heterocycles. The molecule has 0 radical (unpaired) electrons. The summed E-state index contributed by atoms with van der Waals surface area (Å²) >= 11 is 13.4. The number of nitrogens with zero attached hydrogens (tertiary/aromatic N) is 1. The highest BCUT2D eigenvalue weighted by atomic mass is 35.5. The van der Waals surface area contributed by atoms with Gasteiger partial charge in [-0.1, -0.05) is 59.1 Å². The van der Waals surface area contributed by atoms with Gasteiger partial charge in [0.2, 0.25) is 0 Å². The van der Waals surface area contributed by atoms with Crippen LogP contribution >= 0.6 is 23.2 Å². The maximum atomic E-state index is 7.04. The first-order valence-corrected chi connectivity index (χ1v) is 13.5. The Labute approximate surface area is 228 Å². The predicted molar refractivity (Wildman–Crippen MR) is 152 cm³/mol. The van der Waals surface area contributed by atoms with Gasteiger partial charge in [-0.3, -0.25) is 0 Å². The third kappa shape index (κ3) is 4.17. The van der Waals surface area contributed by atoms with Crippen LogP contribution in [0.2, 0.25) is 10.0 Å². The molecule has 1 fully saturated rings. The minimum absolute atomic E-state index is 0.229. The minimum Gasteiger partial charge on any atom is -0.469 e. The van der Waals surface area contributed by atoms with Gasteiger partial charge in [0.1, 0.15) is 5.75 Å². The fourth-order valence-electron chi connectivity index (χ4n) is 5.30. The van der Waals surface area contributed by atoms with Crippen LogP contribution in [0.15, 0.2) is 60.7 Å². The Hall–Kier alpha value is -2.44. The molecule has 1 saturated heterocycles. The Kier molecular flexibility index (Phi) is 5.92. The van der Waals surface area contributed by atoms with E-state index < -0.39 is 18.3 Å². The van der Waals surface area contributed by atoms with Crippen molar-refractivity contribution in [1.82, 2.24) is 4.57 Å². The van der Waals surface area contributed by atoms with Crippen molar-refractivity contribution < 1.29 is 14.0 Å². The van der Waals surface area contributed by atoms with E-state index in [0.717, 1.165) is 46.2 Å². The maximum absolute atomic E-state index is 7.04. The topological polar surface area (TPSA) is 32.6 Å². The molecule has 1 unspecified atom stereocenters. The third-order valence-corrected chi connectivity index (χ3v) is 8.62. The molecule has 1 aromatic heterocycles. The minimum atomic E-state index is -0.466. The van der Waals surface area contributed by atoms with Gasteiger partial charge in [-0.15, -0.1) is 0 Å². The molecule has 3 aromatic carbocycles. The van der Waals surface area contributed by atoms with Gasteiger partial charge in [0.05, 0.1) is 27.4 Å². The van der Waals surface area contributed by atoms with Crippen LogP contribution in [0.3, 0.4) is 0 Å². The first-order valence-electron chi connectivity index (χ1n) is 12.8. The van der Waals surface area contributed by atoms with Gasteiger partial charge in [0, 0.05) is 22.4 Å². The van der Waals surface area contributed by atoms with Gasteiger partial charge in [0.25, 0.3) is 0 Å². The number of rotatable bonds is 4. The molecule has 190 valence electrons. The summed E-state index contributed by atoms with van der Waals surface area (Å²) in [5.41, 5.74) is 5.55. The van der Waals surface area contributed by atoms with Crippen molar-refractivity contribution in [2.75, 3.05) is 0 Å². The van der Waals surface area contributed by atoms with Gasteiger partial charge in [-0.25, -0.2) is 0 Å². The first-order chi connectivity index (χ1) is 17.5. The third-order valence-electron chi connectivity index (χ3n) is 8.00. The number of hydrogen-bond acceptors (Lipinski definition) is 3. The van der Waals surface area contributed by atoms with Crippen LogP contribution in [-0.2, 0) is 15.7 Å². The second kappa shape index (κ2) is 8.81. The van der Waals surface area contributed by atoms with E-state index in [9.17, 15) is 0 Å². The largest absolute Gasteiger partial charge is 0.494 e. The molecule has 6 rings (SSSR count). The monoisotopic (exact) mass is 533 g/mol. The van der Waals surface area contributed by atoms with Gasteiger partial charge < -0.3 is 18.6 Å². The molecule has 1 atom stereocenters. The fourth-order valence-corrected chi connectivity index (χ4v) is 5.81. The summed E-state index contributed by atoms with van der Waals surface area (Å²) in [4.78, 5) is 0. The van der Waals surface area contributed by atoms with E-state index in [1.54, 1.807) is 0 Å². The lowest BCUT2D eigenvalue weighted by molar-refractivity contribution is 0.00578. The molecule has 0 aliphatic carbocycles. The predicted octanol–water partition coefficient (Wildman–Crippen LogP) is 7.75. The van der Waals surface area contributed by atoms with E-state index in [1.165, 1.54) is 11.1 Å². The Bertz CT molecular complexity index is 1510. The SMILES string of the molecule is Cc1cccc(CCC2Oc3cc(B4OC(C)(C)C(C)(C)O4)ccc3-c3c(Cl)c4cc(Cl)ccc4n32)c1. The smallest absolute Gasteiger partial charge is 0.469 e. The van der Waals surface area contributed by atoms with E-state index in [2.05, 4.69) is 69.5 Å². The van der Waals surface area contributed by atoms with E-state index in [4.69, 9.17) is 37.2 Å². The summed E-state index contributed by atoms with van der Waals surface area (Å²) in [6, 6.07) is 20.6. The highest BCUT2D eigenvalue weighted by Gasteiger charge is 2.52. The highest BCUT2D eigenvalue weighted by Crippen LogP contribution is 2.48. The van der Waals surface area contributed by atoms with E-state index in [0.29, 0.717) is 10.0 Å². The van der Waals surface area contributed by atoms with Crippen LogP contribution in [0, 0.1) is 6.92 Å². The van der Waals surface area contributed by atoms with Crippen LogP contribution in [0.1, 0.15) is 51.5 Å². The molecular formula is C30H30BCl2NO3. The Morgan fingerprint density at radius 3 is 2.41 bits per heavy atom. The van der Waals surface area contributed by atoms with Gasteiger partial charge in [-0.2, -0.15) is 0 Å². The second-order valence-electron chi connectivity index (χ2n) is 11.1. The number of fused-ring (bicyclic) bond motifs is 5. The zero-order valence-electron chi connectivity index (χ0n) is 21.8. The summed E-state index contributed by atoms with van der Waals surface area (Å²) in [5.74, 6) is 0.782. The van der Waals surface area contributed by atoms with Crippen LogP contribution < -0.4 is 10.2 Å². The molecule has 37 heavy (non-hydrogen) atoms. The average Bonchev–Trinajstić information content (AvgIpc) is 3.25. The lowest BCUT2D eigenvalue weighted by atomic mass is 9.78. The number of halogens is 2. The van der Waals surface area contributed by atoms with Crippen molar-refractivity contribution in [3.05, 3.63) is 81.8 Å². The van der Waals surface area contributed by atoms with Crippen molar-refractivity contribution in [3.8, 4) is 17.0 Å². The van der Waals surface area contributed by atoms with E-state index in [-0.39, 0.29) is 6.23 Å². The van der Waals surface area contributed by atoms with Crippen LogP contribution in [-0.4, -0.2) is 22.9 Å². The van der Waals surface area contributed by atoms with Crippen molar-refractivity contribution in [2.45, 2.75) is 64.9 Å². The number of ether oxygens (including phenoxy) is 1. The summed E-state index contributed by atoms with van der Waals surface area (Å²) in [5, 5.41) is 2.27. The second-order valence-corrected chi connectivity index (χ2v) is 12.0. The Balaban J connectivity index is 1.43. The summed E-state index contributed by atoms with van der Waals surface area (Å²) in [7, 11) is -0.466. The normalized spacial score (nSPS) is 19.5. The van der Waals surface area contributed by atoms with Crippen LogP contribution in [0.5, 0.6) is 5.75 Å². The molecule has 0 amide bonds. The number of aryl methyl sites for hydroxylation is 2. The molecule has 0 spiro atoms. The summed E-state index contributed by atoms with van der Waals surface area (Å²) < 4.78 is 21.6. The molecule has 2 aliphatic rings. The highest BCUT2D eigenvalue weighted by molar-refractivity contribution is 6.62. The standard InChI is InChI=1S/C30H30BCl2NO3/c1-18-7-6-8-19(15-18)9-14-26-34-24-13-11-21(32)17-23(24)27(33)28(34)22-12-10-20(16-25(22)35-26)31-36-29(2,3)30(4,5)37-31/h6-8,10-13,15-17,26H,9,14H2,1-5H3. The van der Waals surface area contributed by atoms with Crippen LogP contribution in [0.25, 0.3) is 22.2 Å². The lowest BCUT2D eigenvalue weighted by Crippen LogP contribution is -2.41.